The minimum Gasteiger partial charge on any atom is -0.464 e. The average Bonchev–Trinajstić information content (AvgIpc) is 2.69. The van der Waals surface area contributed by atoms with Crippen LogP contribution in [0.2, 0.25) is 0 Å². The Balaban J connectivity index is 2.18. The van der Waals surface area contributed by atoms with E-state index in [0.717, 1.165) is 0 Å². The molecule has 1 aliphatic heterocycles. The van der Waals surface area contributed by atoms with Gasteiger partial charge in [-0.05, 0) is 6.92 Å². The number of amides is 1. The van der Waals surface area contributed by atoms with Gasteiger partial charge in [-0.25, -0.2) is 4.79 Å². The van der Waals surface area contributed by atoms with Crippen molar-refractivity contribution >= 4 is 56.9 Å². The monoisotopic (exact) mass is 307 g/mol. The number of rotatable bonds is 5. The molecule has 18 heavy (non-hydrogen) atoms. The third kappa shape index (κ3) is 5.83. The highest BCUT2D eigenvalue weighted by molar-refractivity contribution is 8.47. The van der Waals surface area contributed by atoms with Crippen molar-refractivity contribution in [3.05, 3.63) is 0 Å². The van der Waals surface area contributed by atoms with Gasteiger partial charge in [-0.1, -0.05) is 35.7 Å². The SMILES string of the molecule is CC(=O)CSC(=S)SCC(=O)NC1CCOC1=O. The van der Waals surface area contributed by atoms with Crippen LogP contribution in [0.15, 0.2) is 0 Å². The lowest BCUT2D eigenvalue weighted by Crippen LogP contribution is -2.39. The quantitative estimate of drug-likeness (QED) is 0.594. The molecule has 0 aromatic carbocycles. The van der Waals surface area contributed by atoms with Crippen molar-refractivity contribution in [2.45, 2.75) is 19.4 Å². The van der Waals surface area contributed by atoms with Crippen molar-refractivity contribution in [1.82, 2.24) is 5.32 Å². The number of cyclic esters (lactones) is 1. The van der Waals surface area contributed by atoms with Crippen molar-refractivity contribution in [3.63, 3.8) is 0 Å². The summed E-state index contributed by atoms with van der Waals surface area (Å²) < 4.78 is 5.28. The number of ether oxygens (including phenoxy) is 1. The molecule has 1 aliphatic rings. The minimum absolute atomic E-state index is 0.0427. The fourth-order valence-corrected chi connectivity index (χ4v) is 2.88. The number of carbonyl (C=O) groups excluding carboxylic acids is 3. The summed E-state index contributed by atoms with van der Waals surface area (Å²) in [4.78, 5) is 33.4. The van der Waals surface area contributed by atoms with Crippen molar-refractivity contribution in [3.8, 4) is 0 Å². The normalized spacial score (nSPS) is 18.3. The Hall–Kier alpha value is -0.600. The molecular weight excluding hydrogens is 294 g/mol. The third-order valence-electron chi connectivity index (χ3n) is 1.98. The standard InChI is InChI=1S/C10H13NO4S3/c1-6(12)4-17-10(16)18-5-8(13)11-7-2-3-15-9(7)14/h7H,2-5H2,1H3,(H,11,13). The second-order valence-corrected chi connectivity index (χ2v) is 6.76. The molecule has 0 aromatic heterocycles. The van der Waals surface area contributed by atoms with Gasteiger partial charge in [-0.3, -0.25) is 9.59 Å². The van der Waals surface area contributed by atoms with Crippen LogP contribution in [-0.4, -0.2) is 45.3 Å². The topological polar surface area (TPSA) is 72.5 Å². The molecule has 0 aromatic rings. The molecule has 8 heteroatoms. The molecule has 100 valence electrons. The highest BCUT2D eigenvalue weighted by atomic mass is 32.2. The fourth-order valence-electron chi connectivity index (χ4n) is 1.19. The zero-order valence-electron chi connectivity index (χ0n) is 9.76. The lowest BCUT2D eigenvalue weighted by atomic mass is 10.2. The average molecular weight is 307 g/mol. The van der Waals surface area contributed by atoms with Gasteiger partial charge in [0.1, 0.15) is 15.4 Å². The van der Waals surface area contributed by atoms with Crippen LogP contribution in [0.3, 0.4) is 0 Å². The van der Waals surface area contributed by atoms with Crippen LogP contribution in [0.5, 0.6) is 0 Å². The summed E-state index contributed by atoms with van der Waals surface area (Å²) in [6.07, 6.45) is 0.513. The summed E-state index contributed by atoms with van der Waals surface area (Å²) in [5.74, 6) is -0.131. The van der Waals surface area contributed by atoms with Crippen LogP contribution in [0.4, 0.5) is 0 Å². The van der Waals surface area contributed by atoms with Gasteiger partial charge >= 0.3 is 5.97 Å². The van der Waals surface area contributed by atoms with Crippen molar-refractivity contribution in [2.24, 2.45) is 0 Å². The minimum atomic E-state index is -0.531. The van der Waals surface area contributed by atoms with E-state index < -0.39 is 6.04 Å². The molecule has 1 amide bonds. The summed E-state index contributed by atoms with van der Waals surface area (Å²) >= 11 is 7.43. The maximum absolute atomic E-state index is 11.5. The Kier molecular flexibility index (Phi) is 6.66. The van der Waals surface area contributed by atoms with Crippen LogP contribution in [-0.2, 0) is 19.1 Å². The summed E-state index contributed by atoms with van der Waals surface area (Å²) in [6, 6.07) is -0.531. The summed E-state index contributed by atoms with van der Waals surface area (Å²) in [5.41, 5.74) is 0. The van der Waals surface area contributed by atoms with Crippen molar-refractivity contribution in [2.75, 3.05) is 18.1 Å². The molecule has 5 nitrogen and oxygen atoms in total. The highest BCUT2D eigenvalue weighted by Gasteiger charge is 2.27. The molecule has 1 saturated heterocycles. The largest absolute Gasteiger partial charge is 0.464 e. The second-order valence-electron chi connectivity index (χ2n) is 3.61. The molecule has 0 bridgehead atoms. The molecule has 0 aliphatic carbocycles. The van der Waals surface area contributed by atoms with Gasteiger partial charge in [-0.2, -0.15) is 0 Å². The first kappa shape index (κ1) is 15.5. The third-order valence-corrected chi connectivity index (χ3v) is 4.83. The molecular formula is C10H13NO4S3. The lowest BCUT2D eigenvalue weighted by molar-refractivity contribution is -0.141. The van der Waals surface area contributed by atoms with E-state index in [1.54, 1.807) is 0 Å². The Morgan fingerprint density at radius 3 is 2.67 bits per heavy atom. The molecule has 1 unspecified atom stereocenters. The molecule has 1 fully saturated rings. The molecule has 0 radical (unpaired) electrons. The Labute approximate surface area is 119 Å². The van der Waals surface area contributed by atoms with E-state index in [2.05, 4.69) is 5.32 Å². The van der Waals surface area contributed by atoms with Gasteiger partial charge in [0.05, 0.1) is 18.1 Å². The van der Waals surface area contributed by atoms with Crippen molar-refractivity contribution in [1.29, 1.82) is 0 Å². The molecule has 1 N–H and O–H groups in total. The van der Waals surface area contributed by atoms with Crippen LogP contribution >= 0.6 is 35.7 Å². The first-order valence-electron chi connectivity index (χ1n) is 5.24. The molecule has 0 spiro atoms. The zero-order chi connectivity index (χ0) is 13.5. The number of Topliss-reactive ketones (excluding diaryl/α,β-unsaturated/α-hetero) is 1. The maximum Gasteiger partial charge on any atom is 0.328 e. The number of nitrogens with one attached hydrogen (secondary N) is 1. The number of ketones is 1. The van der Waals surface area contributed by atoms with E-state index in [-0.39, 0.29) is 23.4 Å². The first-order valence-corrected chi connectivity index (χ1v) is 7.62. The van der Waals surface area contributed by atoms with E-state index in [4.69, 9.17) is 17.0 Å². The van der Waals surface area contributed by atoms with Crippen LogP contribution in [0.25, 0.3) is 0 Å². The predicted molar refractivity (Wildman–Crippen MR) is 75.7 cm³/mol. The Bertz CT molecular complexity index is 372. The lowest BCUT2D eigenvalue weighted by Gasteiger charge is -2.08. The van der Waals surface area contributed by atoms with E-state index >= 15 is 0 Å². The van der Waals surface area contributed by atoms with Gasteiger partial charge in [0.15, 0.2) is 0 Å². The number of thioether (sulfide) groups is 2. The number of hydrogen-bond acceptors (Lipinski definition) is 7. The van der Waals surface area contributed by atoms with Crippen molar-refractivity contribution < 1.29 is 19.1 Å². The maximum atomic E-state index is 11.5. The highest BCUT2D eigenvalue weighted by Crippen LogP contribution is 2.17. The van der Waals surface area contributed by atoms with E-state index in [1.807, 2.05) is 0 Å². The van der Waals surface area contributed by atoms with Gasteiger partial charge in [0.2, 0.25) is 5.91 Å². The van der Waals surface area contributed by atoms with E-state index in [1.165, 1.54) is 30.4 Å². The van der Waals surface area contributed by atoms with Gasteiger partial charge < -0.3 is 10.1 Å². The van der Waals surface area contributed by atoms with Crippen LogP contribution in [0.1, 0.15) is 13.3 Å². The van der Waals surface area contributed by atoms with E-state index in [9.17, 15) is 14.4 Å². The van der Waals surface area contributed by atoms with E-state index in [0.29, 0.717) is 22.3 Å². The fraction of sp³-hybridized carbons (Fsp3) is 0.600. The summed E-state index contributed by atoms with van der Waals surface area (Å²) in [6.45, 7) is 1.84. The molecule has 1 atom stereocenters. The number of hydrogen-bond donors (Lipinski definition) is 1. The summed E-state index contributed by atoms with van der Waals surface area (Å²) in [7, 11) is 0. The van der Waals surface area contributed by atoms with Crippen LogP contribution < -0.4 is 5.32 Å². The first-order chi connectivity index (χ1) is 8.49. The predicted octanol–water partition coefficient (Wildman–Crippen LogP) is 0.758. The zero-order valence-corrected chi connectivity index (χ0v) is 12.2. The van der Waals surface area contributed by atoms with Gasteiger partial charge in [0.25, 0.3) is 0 Å². The number of esters is 1. The summed E-state index contributed by atoms with van der Waals surface area (Å²) in [5, 5.41) is 2.58. The molecule has 1 heterocycles. The smallest absolute Gasteiger partial charge is 0.328 e. The Morgan fingerprint density at radius 1 is 1.44 bits per heavy atom. The number of thiocarbonyl (C=S) groups is 1. The van der Waals surface area contributed by atoms with Gasteiger partial charge in [-0.15, -0.1) is 0 Å². The van der Waals surface area contributed by atoms with Gasteiger partial charge in [0, 0.05) is 6.42 Å². The number of carbonyl (C=O) groups is 3. The Morgan fingerprint density at radius 2 is 2.11 bits per heavy atom. The molecule has 0 saturated carbocycles. The molecule has 1 rings (SSSR count). The second kappa shape index (κ2) is 7.75. The van der Waals surface area contributed by atoms with Crippen LogP contribution in [0, 0.1) is 0 Å².